The summed E-state index contributed by atoms with van der Waals surface area (Å²) in [5.41, 5.74) is 6.04. The van der Waals surface area contributed by atoms with E-state index in [1.807, 2.05) is 62.4 Å². The number of rotatable bonds is 7. The fourth-order valence-electron chi connectivity index (χ4n) is 4.22. The molecule has 0 fully saturated rings. The average molecular weight is 511 g/mol. The summed E-state index contributed by atoms with van der Waals surface area (Å²) in [4.78, 5) is 23.6. The maximum absolute atomic E-state index is 12.5. The van der Waals surface area contributed by atoms with Gasteiger partial charge in [0.1, 0.15) is 23.0 Å². The van der Waals surface area contributed by atoms with E-state index in [1.54, 1.807) is 37.4 Å². The summed E-state index contributed by atoms with van der Waals surface area (Å²) < 4.78 is 21.3. The third kappa shape index (κ3) is 6.40. The Morgan fingerprint density at radius 3 is 1.55 bits per heavy atom. The number of hydrogen-bond donors (Lipinski definition) is 0. The molecule has 4 rings (SSSR count). The number of carbonyl (C=O) groups is 2. The third-order valence-corrected chi connectivity index (χ3v) is 6.32. The minimum atomic E-state index is -0.803. The number of hydrogen-bond acceptors (Lipinski definition) is 6. The molecule has 6 heteroatoms. The van der Waals surface area contributed by atoms with Gasteiger partial charge in [-0.1, -0.05) is 43.3 Å². The van der Waals surface area contributed by atoms with Crippen LogP contribution in [0.2, 0.25) is 0 Å². The lowest BCUT2D eigenvalue weighted by molar-refractivity contribution is -0.131. The Morgan fingerprint density at radius 1 is 0.632 bits per heavy atom. The van der Waals surface area contributed by atoms with E-state index in [-0.39, 0.29) is 11.9 Å². The fraction of sp³-hybridized carbons (Fsp3) is 0.188. The van der Waals surface area contributed by atoms with E-state index in [9.17, 15) is 9.59 Å². The van der Waals surface area contributed by atoms with E-state index in [4.69, 9.17) is 18.9 Å². The molecule has 0 saturated heterocycles. The molecule has 6 nitrogen and oxygen atoms in total. The Bertz CT molecular complexity index is 1440. The van der Waals surface area contributed by atoms with Crippen molar-refractivity contribution in [3.05, 3.63) is 107 Å². The molecule has 38 heavy (non-hydrogen) atoms. The highest BCUT2D eigenvalue weighted by atomic mass is 16.7. The van der Waals surface area contributed by atoms with Crippen molar-refractivity contribution >= 4 is 12.1 Å². The molecule has 0 aliphatic carbocycles. The molecule has 1 atom stereocenters. The van der Waals surface area contributed by atoms with Crippen LogP contribution in [0.5, 0.6) is 23.0 Å². The van der Waals surface area contributed by atoms with Crippen LogP contribution in [0, 0.1) is 13.8 Å². The summed E-state index contributed by atoms with van der Waals surface area (Å²) in [6.07, 6.45) is -0.803. The van der Waals surface area contributed by atoms with Crippen molar-refractivity contribution in [3.8, 4) is 34.1 Å². The minimum Gasteiger partial charge on any atom is -0.496 e. The zero-order valence-electron chi connectivity index (χ0n) is 22.1. The largest absolute Gasteiger partial charge is 0.519 e. The first-order valence-corrected chi connectivity index (χ1v) is 12.3. The normalized spacial score (nSPS) is 11.4. The smallest absolute Gasteiger partial charge is 0.496 e. The van der Waals surface area contributed by atoms with Crippen LogP contribution in [0.3, 0.4) is 0 Å². The lowest BCUT2D eigenvalue weighted by Crippen LogP contribution is -2.14. The first-order chi connectivity index (χ1) is 18.2. The highest BCUT2D eigenvalue weighted by Crippen LogP contribution is 2.31. The summed E-state index contributed by atoms with van der Waals surface area (Å²) in [6.45, 7) is 7.33. The topological polar surface area (TPSA) is 71.1 Å². The van der Waals surface area contributed by atoms with Crippen molar-refractivity contribution in [1.29, 1.82) is 0 Å². The zero-order valence-corrected chi connectivity index (χ0v) is 22.1. The minimum absolute atomic E-state index is 0.0954. The summed E-state index contributed by atoms with van der Waals surface area (Å²) >= 11 is 0. The molecule has 0 saturated carbocycles. The molecule has 0 amide bonds. The van der Waals surface area contributed by atoms with E-state index in [1.165, 1.54) is 6.92 Å². The first-order valence-electron chi connectivity index (χ1n) is 12.3. The highest BCUT2D eigenvalue weighted by molar-refractivity contribution is 5.71. The number of carbonyl (C=O) groups excluding carboxylic acids is 2. The van der Waals surface area contributed by atoms with Gasteiger partial charge < -0.3 is 18.9 Å². The number of ether oxygens (including phenoxy) is 4. The quantitative estimate of drug-likeness (QED) is 0.145. The van der Waals surface area contributed by atoms with Gasteiger partial charge in [-0.05, 0) is 95.8 Å². The van der Waals surface area contributed by atoms with Gasteiger partial charge in [0, 0.05) is 12.8 Å². The number of aryl methyl sites for hydroxylation is 2. The fourth-order valence-corrected chi connectivity index (χ4v) is 4.22. The van der Waals surface area contributed by atoms with Crippen molar-refractivity contribution in [3.63, 3.8) is 0 Å². The SMILES string of the molecule is COc1ccc(-c2ccc(OC(=O)Oc3ccc(C(C)c4ccc(OC(C)=O)cc4)cc3)c(C)c2)cc1C. The Morgan fingerprint density at radius 2 is 1.11 bits per heavy atom. The van der Waals surface area contributed by atoms with Gasteiger partial charge >= 0.3 is 12.1 Å². The summed E-state index contributed by atoms with van der Waals surface area (Å²) in [6, 6.07) is 26.3. The predicted molar refractivity (Wildman–Crippen MR) is 146 cm³/mol. The molecule has 0 heterocycles. The molecular weight excluding hydrogens is 480 g/mol. The summed E-state index contributed by atoms with van der Waals surface area (Å²) in [5.74, 6) is 1.92. The van der Waals surface area contributed by atoms with Crippen molar-refractivity contribution in [1.82, 2.24) is 0 Å². The van der Waals surface area contributed by atoms with E-state index in [0.29, 0.717) is 17.2 Å². The lowest BCUT2D eigenvalue weighted by Gasteiger charge is -2.14. The van der Waals surface area contributed by atoms with Gasteiger partial charge in [0.05, 0.1) is 7.11 Å². The maximum atomic E-state index is 12.5. The van der Waals surface area contributed by atoms with Gasteiger partial charge in [-0.2, -0.15) is 0 Å². The van der Waals surface area contributed by atoms with Crippen LogP contribution < -0.4 is 18.9 Å². The van der Waals surface area contributed by atoms with E-state index >= 15 is 0 Å². The Kier molecular flexibility index (Phi) is 8.12. The number of esters is 1. The van der Waals surface area contributed by atoms with Gasteiger partial charge in [0.2, 0.25) is 0 Å². The zero-order chi connectivity index (χ0) is 27.2. The van der Waals surface area contributed by atoms with Gasteiger partial charge in [-0.15, -0.1) is 0 Å². The Balaban J connectivity index is 1.37. The second-order valence-electron chi connectivity index (χ2n) is 9.07. The second-order valence-corrected chi connectivity index (χ2v) is 9.07. The van der Waals surface area contributed by atoms with Gasteiger partial charge in [-0.3, -0.25) is 4.79 Å². The Hall–Kier alpha value is -4.58. The van der Waals surface area contributed by atoms with E-state index in [2.05, 4.69) is 13.0 Å². The van der Waals surface area contributed by atoms with Crippen LogP contribution in [0.1, 0.15) is 42.0 Å². The van der Waals surface area contributed by atoms with Crippen LogP contribution in [0.15, 0.2) is 84.9 Å². The molecule has 0 radical (unpaired) electrons. The van der Waals surface area contributed by atoms with Gasteiger partial charge in [-0.25, -0.2) is 4.79 Å². The maximum Gasteiger partial charge on any atom is 0.519 e. The molecule has 1 unspecified atom stereocenters. The molecule has 0 bridgehead atoms. The van der Waals surface area contributed by atoms with Crippen LogP contribution in [-0.2, 0) is 4.79 Å². The second kappa shape index (κ2) is 11.6. The molecule has 0 aliphatic heterocycles. The van der Waals surface area contributed by atoms with E-state index in [0.717, 1.165) is 39.1 Å². The van der Waals surface area contributed by atoms with Crippen LogP contribution in [0.25, 0.3) is 11.1 Å². The number of benzene rings is 4. The van der Waals surface area contributed by atoms with Gasteiger partial charge in [0.15, 0.2) is 0 Å². The molecule has 0 aliphatic rings. The summed E-state index contributed by atoms with van der Waals surface area (Å²) in [5, 5.41) is 0. The Labute approximate surface area is 222 Å². The molecule has 0 N–H and O–H groups in total. The standard InChI is InChI=1S/C32H30O6/c1-20-18-26(10-16-30(20)35-5)27-11-17-31(21(2)19-27)38-32(34)37-29-14-8-25(9-15-29)22(3)24-6-12-28(13-7-24)36-23(4)33/h6-19,22H,1-5H3. The third-order valence-electron chi connectivity index (χ3n) is 6.32. The highest BCUT2D eigenvalue weighted by Gasteiger charge is 2.13. The molecule has 4 aromatic rings. The van der Waals surface area contributed by atoms with E-state index < -0.39 is 6.16 Å². The molecule has 4 aromatic carbocycles. The monoisotopic (exact) mass is 510 g/mol. The molecule has 0 aromatic heterocycles. The molecular formula is C32H30O6. The van der Waals surface area contributed by atoms with Crippen molar-refractivity contribution in [2.45, 2.75) is 33.6 Å². The lowest BCUT2D eigenvalue weighted by atomic mass is 9.93. The van der Waals surface area contributed by atoms with Crippen LogP contribution in [-0.4, -0.2) is 19.2 Å². The van der Waals surface area contributed by atoms with Crippen molar-refractivity contribution < 1.29 is 28.5 Å². The molecule has 0 spiro atoms. The van der Waals surface area contributed by atoms with Crippen molar-refractivity contribution in [2.24, 2.45) is 0 Å². The van der Waals surface area contributed by atoms with Crippen molar-refractivity contribution in [2.75, 3.05) is 7.11 Å². The first kappa shape index (κ1) is 26.5. The molecule has 194 valence electrons. The summed E-state index contributed by atoms with van der Waals surface area (Å²) in [7, 11) is 1.65. The van der Waals surface area contributed by atoms with Crippen LogP contribution >= 0.6 is 0 Å². The average Bonchev–Trinajstić information content (AvgIpc) is 2.90. The predicted octanol–water partition coefficient (Wildman–Crippen LogP) is 7.63. The van der Waals surface area contributed by atoms with Crippen LogP contribution in [0.4, 0.5) is 4.79 Å². The number of methoxy groups -OCH3 is 1. The van der Waals surface area contributed by atoms with Gasteiger partial charge in [0.25, 0.3) is 0 Å².